The molecule has 1 atom stereocenters. The monoisotopic (exact) mass is 247 g/mol. The first-order valence-electron chi connectivity index (χ1n) is 6.04. The van der Waals surface area contributed by atoms with E-state index in [1.807, 2.05) is 19.2 Å². The molecule has 1 aliphatic rings. The van der Waals surface area contributed by atoms with Crippen LogP contribution in [0.1, 0.15) is 23.6 Å². The van der Waals surface area contributed by atoms with Crippen molar-refractivity contribution in [2.24, 2.45) is 0 Å². The molecule has 18 heavy (non-hydrogen) atoms. The maximum atomic E-state index is 10.5. The van der Waals surface area contributed by atoms with E-state index in [0.717, 1.165) is 36.8 Å². The molecule has 0 spiro atoms. The van der Waals surface area contributed by atoms with Gasteiger partial charge in [0.1, 0.15) is 5.75 Å². The molecule has 0 saturated carbocycles. The normalized spacial score (nSPS) is 16.1. The topological polar surface area (TPSA) is 58.6 Å². The smallest absolute Gasteiger partial charge is 0.328 e. The van der Waals surface area contributed by atoms with Crippen molar-refractivity contribution in [1.82, 2.24) is 5.32 Å². The van der Waals surface area contributed by atoms with Crippen molar-refractivity contribution < 1.29 is 14.6 Å². The molecule has 0 fully saturated rings. The molecule has 4 heteroatoms. The lowest BCUT2D eigenvalue weighted by atomic mass is 9.99. The Labute approximate surface area is 106 Å². The van der Waals surface area contributed by atoms with Gasteiger partial charge in [0.25, 0.3) is 0 Å². The van der Waals surface area contributed by atoms with E-state index < -0.39 is 5.97 Å². The van der Waals surface area contributed by atoms with Crippen LogP contribution >= 0.6 is 0 Å². The molecule has 4 nitrogen and oxygen atoms in total. The Morgan fingerprint density at radius 3 is 3.11 bits per heavy atom. The van der Waals surface area contributed by atoms with Gasteiger partial charge in [-0.3, -0.25) is 0 Å². The number of benzene rings is 1. The van der Waals surface area contributed by atoms with Gasteiger partial charge >= 0.3 is 5.97 Å². The maximum absolute atomic E-state index is 10.5. The van der Waals surface area contributed by atoms with Gasteiger partial charge < -0.3 is 15.2 Å². The molecule has 2 N–H and O–H groups in total. The molecule has 0 radical (unpaired) electrons. The molecule has 2 rings (SSSR count). The summed E-state index contributed by atoms with van der Waals surface area (Å²) < 4.78 is 5.56. The van der Waals surface area contributed by atoms with Crippen LogP contribution in [-0.4, -0.2) is 24.7 Å². The van der Waals surface area contributed by atoms with Crippen molar-refractivity contribution in [3.63, 3.8) is 0 Å². The quantitative estimate of drug-likeness (QED) is 0.798. The van der Waals surface area contributed by atoms with Crippen molar-refractivity contribution in [2.75, 3.05) is 13.7 Å². The lowest BCUT2D eigenvalue weighted by Crippen LogP contribution is -2.16. The number of fused-ring (bicyclic) bond motifs is 1. The minimum atomic E-state index is -0.934. The Kier molecular flexibility index (Phi) is 3.99. The van der Waals surface area contributed by atoms with E-state index in [9.17, 15) is 4.79 Å². The van der Waals surface area contributed by atoms with Crippen LogP contribution in [0.25, 0.3) is 0 Å². The van der Waals surface area contributed by atoms with Crippen molar-refractivity contribution in [1.29, 1.82) is 0 Å². The largest absolute Gasteiger partial charge is 0.493 e. The molecule has 1 aromatic rings. The van der Waals surface area contributed by atoms with Gasteiger partial charge in [-0.05, 0) is 37.1 Å². The van der Waals surface area contributed by atoms with Crippen LogP contribution in [0, 0.1) is 0 Å². The first-order valence-corrected chi connectivity index (χ1v) is 6.04. The number of hydrogen-bond acceptors (Lipinski definition) is 3. The molecule has 1 aromatic carbocycles. The molecule has 1 unspecified atom stereocenters. The van der Waals surface area contributed by atoms with Crippen LogP contribution in [0.4, 0.5) is 0 Å². The van der Waals surface area contributed by atoms with E-state index >= 15 is 0 Å². The number of aryl methyl sites for hydroxylation is 1. The van der Waals surface area contributed by atoms with Crippen LogP contribution in [0.3, 0.4) is 0 Å². The number of likely N-dealkylation sites (N-methyl/N-ethyl adjacent to an activating group) is 1. The lowest BCUT2D eigenvalue weighted by Gasteiger charge is -2.20. The van der Waals surface area contributed by atoms with Crippen LogP contribution in [0.5, 0.6) is 5.75 Å². The predicted octanol–water partition coefficient (Wildman–Crippen LogP) is 1.91. The highest BCUT2D eigenvalue weighted by Gasteiger charge is 2.13. The number of nitrogens with one attached hydrogen (secondary N) is 1. The van der Waals surface area contributed by atoms with Gasteiger partial charge in [0, 0.05) is 6.08 Å². The zero-order chi connectivity index (χ0) is 13.0. The Balaban J connectivity index is 2.23. The summed E-state index contributed by atoms with van der Waals surface area (Å²) in [6.07, 6.45) is 4.86. The number of carboxylic acid groups (broad SMARTS) is 1. The van der Waals surface area contributed by atoms with Gasteiger partial charge in [-0.2, -0.15) is 0 Å². The van der Waals surface area contributed by atoms with Crippen LogP contribution < -0.4 is 10.1 Å². The summed E-state index contributed by atoms with van der Waals surface area (Å²) >= 11 is 0. The standard InChI is InChI=1S/C14H17NO3/c1-15-12(5-7-14(16)17)10-4-6-13-11(9-10)3-2-8-18-13/h4-7,9,12,15H,2-3,8H2,1H3,(H,16,17)/b7-5+. The van der Waals surface area contributed by atoms with Gasteiger partial charge in [-0.1, -0.05) is 18.2 Å². The molecular weight excluding hydrogens is 230 g/mol. The predicted molar refractivity (Wildman–Crippen MR) is 68.8 cm³/mol. The second kappa shape index (κ2) is 5.69. The van der Waals surface area contributed by atoms with E-state index in [2.05, 4.69) is 11.4 Å². The molecule has 0 aromatic heterocycles. The van der Waals surface area contributed by atoms with E-state index in [4.69, 9.17) is 9.84 Å². The van der Waals surface area contributed by atoms with E-state index in [0.29, 0.717) is 0 Å². The van der Waals surface area contributed by atoms with Gasteiger partial charge in [-0.25, -0.2) is 4.79 Å². The number of ether oxygens (including phenoxy) is 1. The number of aliphatic carboxylic acids is 1. The second-order valence-corrected chi connectivity index (χ2v) is 4.28. The van der Waals surface area contributed by atoms with E-state index in [-0.39, 0.29) is 6.04 Å². The Morgan fingerprint density at radius 2 is 2.39 bits per heavy atom. The Morgan fingerprint density at radius 1 is 1.56 bits per heavy atom. The summed E-state index contributed by atoms with van der Waals surface area (Å²) in [4.78, 5) is 10.5. The summed E-state index contributed by atoms with van der Waals surface area (Å²) in [6, 6.07) is 5.93. The molecule has 0 bridgehead atoms. The van der Waals surface area contributed by atoms with Crippen LogP contribution in [0.15, 0.2) is 30.4 Å². The summed E-state index contributed by atoms with van der Waals surface area (Å²) in [5, 5.41) is 11.8. The highest BCUT2D eigenvalue weighted by atomic mass is 16.5. The van der Waals surface area contributed by atoms with Crippen molar-refractivity contribution in [3.05, 3.63) is 41.5 Å². The van der Waals surface area contributed by atoms with Crippen molar-refractivity contribution in [2.45, 2.75) is 18.9 Å². The first-order chi connectivity index (χ1) is 8.70. The first kappa shape index (κ1) is 12.6. The molecule has 0 aliphatic carbocycles. The SMILES string of the molecule is CNC(/C=C/C(=O)O)c1ccc2c(c1)CCCO2. The fourth-order valence-corrected chi connectivity index (χ4v) is 2.13. The third kappa shape index (κ3) is 2.90. The van der Waals surface area contributed by atoms with Gasteiger partial charge in [-0.15, -0.1) is 0 Å². The molecular formula is C14H17NO3. The molecule has 0 saturated heterocycles. The number of carboxylic acids is 1. The average Bonchev–Trinajstić information content (AvgIpc) is 2.39. The van der Waals surface area contributed by atoms with Gasteiger partial charge in [0.15, 0.2) is 0 Å². The number of carbonyl (C=O) groups is 1. The van der Waals surface area contributed by atoms with Crippen LogP contribution in [-0.2, 0) is 11.2 Å². The minimum absolute atomic E-state index is 0.0895. The molecule has 0 amide bonds. The van der Waals surface area contributed by atoms with Crippen molar-refractivity contribution in [3.8, 4) is 5.75 Å². The maximum Gasteiger partial charge on any atom is 0.328 e. The highest BCUT2D eigenvalue weighted by molar-refractivity contribution is 5.79. The molecule has 96 valence electrons. The minimum Gasteiger partial charge on any atom is -0.493 e. The van der Waals surface area contributed by atoms with E-state index in [1.54, 1.807) is 6.08 Å². The summed E-state index contributed by atoms with van der Waals surface area (Å²) in [5.41, 5.74) is 2.25. The zero-order valence-corrected chi connectivity index (χ0v) is 10.3. The van der Waals surface area contributed by atoms with Gasteiger partial charge in [0.2, 0.25) is 0 Å². The fourth-order valence-electron chi connectivity index (χ4n) is 2.13. The fraction of sp³-hybridized carbons (Fsp3) is 0.357. The Hall–Kier alpha value is -1.81. The van der Waals surface area contributed by atoms with E-state index in [1.165, 1.54) is 5.56 Å². The molecule has 1 aliphatic heterocycles. The zero-order valence-electron chi connectivity index (χ0n) is 10.3. The lowest BCUT2D eigenvalue weighted by molar-refractivity contribution is -0.131. The highest BCUT2D eigenvalue weighted by Crippen LogP contribution is 2.28. The van der Waals surface area contributed by atoms with Gasteiger partial charge in [0.05, 0.1) is 12.6 Å². The third-order valence-electron chi connectivity index (χ3n) is 3.03. The number of rotatable bonds is 4. The summed E-state index contributed by atoms with van der Waals surface area (Å²) in [7, 11) is 1.81. The summed E-state index contributed by atoms with van der Waals surface area (Å²) in [5.74, 6) is 0.0126. The van der Waals surface area contributed by atoms with Crippen molar-refractivity contribution >= 4 is 5.97 Å². The van der Waals surface area contributed by atoms with Crippen LogP contribution in [0.2, 0.25) is 0 Å². The Bertz CT molecular complexity index is 468. The third-order valence-corrected chi connectivity index (χ3v) is 3.03. The average molecular weight is 247 g/mol. The second-order valence-electron chi connectivity index (χ2n) is 4.28. The molecule has 1 heterocycles. The number of hydrogen-bond donors (Lipinski definition) is 2. The summed E-state index contributed by atoms with van der Waals surface area (Å²) in [6.45, 7) is 0.778.